The van der Waals surface area contributed by atoms with Gasteiger partial charge < -0.3 is 5.41 Å². The number of hydrogen-bond acceptors (Lipinski definition) is 5. The number of allylic oxidation sites excluding steroid dienone is 2. The second-order valence-corrected chi connectivity index (χ2v) is 7.37. The van der Waals surface area contributed by atoms with E-state index in [-0.39, 0.29) is 17.5 Å². The molecule has 114 valence electrons. The van der Waals surface area contributed by atoms with Crippen LogP contribution in [-0.2, 0) is 0 Å². The Labute approximate surface area is 139 Å². The maximum absolute atomic E-state index is 9.81. The van der Waals surface area contributed by atoms with E-state index in [4.69, 9.17) is 5.41 Å². The second kappa shape index (κ2) is 5.65. The quantitative estimate of drug-likeness (QED) is 0.792. The van der Waals surface area contributed by atoms with Crippen LogP contribution in [-0.4, -0.2) is 5.71 Å². The number of rotatable bonds is 1. The van der Waals surface area contributed by atoms with Gasteiger partial charge in [-0.15, -0.1) is 11.3 Å². The fourth-order valence-electron chi connectivity index (χ4n) is 3.98. The van der Waals surface area contributed by atoms with Crippen LogP contribution < -0.4 is 0 Å². The first-order chi connectivity index (χ1) is 11.1. The van der Waals surface area contributed by atoms with Gasteiger partial charge in [-0.05, 0) is 41.7 Å². The van der Waals surface area contributed by atoms with Gasteiger partial charge >= 0.3 is 0 Å². The lowest BCUT2D eigenvalue weighted by atomic mass is 9.53. The SMILES string of the molecule is CC1CC=C2C(C#N)C(=N)C(C#N)(C#N)C(c3cccs3)C2C1. The second-order valence-electron chi connectivity index (χ2n) is 6.39. The van der Waals surface area contributed by atoms with E-state index in [1.54, 1.807) is 0 Å². The highest BCUT2D eigenvalue weighted by atomic mass is 32.1. The first kappa shape index (κ1) is 15.5. The summed E-state index contributed by atoms with van der Waals surface area (Å²) in [4.78, 5) is 0.958. The summed E-state index contributed by atoms with van der Waals surface area (Å²) in [5, 5.41) is 39.6. The summed E-state index contributed by atoms with van der Waals surface area (Å²) < 4.78 is 0. The maximum atomic E-state index is 9.81. The van der Waals surface area contributed by atoms with E-state index < -0.39 is 11.3 Å². The highest BCUT2D eigenvalue weighted by molar-refractivity contribution is 7.10. The van der Waals surface area contributed by atoms with Crippen molar-refractivity contribution in [3.05, 3.63) is 34.0 Å². The molecule has 0 amide bonds. The average molecular weight is 320 g/mol. The van der Waals surface area contributed by atoms with Crippen molar-refractivity contribution in [2.45, 2.75) is 25.7 Å². The van der Waals surface area contributed by atoms with Crippen LogP contribution in [0.25, 0.3) is 0 Å². The molecule has 0 bridgehead atoms. The number of nitrogens with one attached hydrogen (secondary N) is 1. The van der Waals surface area contributed by atoms with Gasteiger partial charge in [-0.3, -0.25) is 0 Å². The zero-order valence-corrected chi connectivity index (χ0v) is 13.6. The minimum absolute atomic E-state index is 0.0181. The molecule has 0 aromatic carbocycles. The summed E-state index contributed by atoms with van der Waals surface area (Å²) in [5.41, 5.74) is -0.666. The molecular weight excluding hydrogens is 304 g/mol. The molecule has 1 N–H and O–H groups in total. The van der Waals surface area contributed by atoms with Crippen LogP contribution in [0, 0.1) is 62.6 Å². The largest absolute Gasteiger partial charge is 0.305 e. The third-order valence-electron chi connectivity index (χ3n) is 5.09. The molecule has 2 aliphatic rings. The van der Waals surface area contributed by atoms with Crippen molar-refractivity contribution >= 4 is 17.0 Å². The molecule has 5 heteroatoms. The van der Waals surface area contributed by atoms with Crippen LogP contribution in [0.4, 0.5) is 0 Å². The van der Waals surface area contributed by atoms with Crippen LogP contribution in [0.3, 0.4) is 0 Å². The molecule has 3 rings (SSSR count). The Bertz CT molecular complexity index is 770. The monoisotopic (exact) mass is 320 g/mol. The van der Waals surface area contributed by atoms with Gasteiger partial charge in [0.1, 0.15) is 5.92 Å². The lowest BCUT2D eigenvalue weighted by Crippen LogP contribution is -2.49. The van der Waals surface area contributed by atoms with E-state index >= 15 is 0 Å². The third-order valence-corrected chi connectivity index (χ3v) is 6.04. The molecular formula is C18H16N4S. The highest BCUT2D eigenvalue weighted by Crippen LogP contribution is 2.56. The van der Waals surface area contributed by atoms with E-state index in [2.05, 4.69) is 31.2 Å². The van der Waals surface area contributed by atoms with Gasteiger partial charge in [0, 0.05) is 10.8 Å². The summed E-state index contributed by atoms with van der Waals surface area (Å²) in [5.74, 6) is -0.671. The summed E-state index contributed by atoms with van der Waals surface area (Å²) in [6, 6.07) is 10.2. The first-order valence-electron chi connectivity index (χ1n) is 7.63. The Morgan fingerprint density at radius 2 is 2.04 bits per heavy atom. The van der Waals surface area contributed by atoms with Crippen LogP contribution in [0.5, 0.6) is 0 Å². The zero-order valence-electron chi connectivity index (χ0n) is 12.8. The molecule has 4 nitrogen and oxygen atoms in total. The lowest BCUT2D eigenvalue weighted by molar-refractivity contribution is 0.286. The predicted molar refractivity (Wildman–Crippen MR) is 87.5 cm³/mol. The molecule has 1 aromatic rings. The van der Waals surface area contributed by atoms with Crippen LogP contribution in [0.2, 0.25) is 0 Å². The molecule has 0 spiro atoms. The van der Waals surface area contributed by atoms with Crippen molar-refractivity contribution in [1.82, 2.24) is 0 Å². The number of nitriles is 3. The van der Waals surface area contributed by atoms with Crippen molar-refractivity contribution in [3.63, 3.8) is 0 Å². The molecule has 4 unspecified atom stereocenters. The maximum Gasteiger partial charge on any atom is 0.190 e. The van der Waals surface area contributed by atoms with Crippen LogP contribution >= 0.6 is 11.3 Å². The summed E-state index contributed by atoms with van der Waals surface area (Å²) in [6.45, 7) is 2.15. The minimum Gasteiger partial charge on any atom is -0.305 e. The summed E-state index contributed by atoms with van der Waals surface area (Å²) in [6.07, 6.45) is 3.81. The van der Waals surface area contributed by atoms with E-state index in [1.165, 1.54) is 11.3 Å². The van der Waals surface area contributed by atoms with Gasteiger partial charge in [0.15, 0.2) is 5.41 Å². The number of fused-ring (bicyclic) bond motifs is 1. The Morgan fingerprint density at radius 3 is 2.61 bits per heavy atom. The van der Waals surface area contributed by atoms with Crippen molar-refractivity contribution < 1.29 is 0 Å². The highest BCUT2D eigenvalue weighted by Gasteiger charge is 2.57. The average Bonchev–Trinajstić information content (AvgIpc) is 3.08. The molecule has 0 radical (unpaired) electrons. The van der Waals surface area contributed by atoms with Gasteiger partial charge in [0.2, 0.25) is 0 Å². The molecule has 1 saturated carbocycles. The molecule has 1 aromatic heterocycles. The smallest absolute Gasteiger partial charge is 0.190 e. The Kier molecular flexibility index (Phi) is 3.80. The topological polar surface area (TPSA) is 95.2 Å². The fourth-order valence-corrected chi connectivity index (χ4v) is 4.94. The van der Waals surface area contributed by atoms with Crippen molar-refractivity contribution in [2.24, 2.45) is 23.2 Å². The van der Waals surface area contributed by atoms with Gasteiger partial charge in [-0.1, -0.05) is 19.1 Å². The molecule has 0 aliphatic heterocycles. The third kappa shape index (κ3) is 2.11. The summed E-state index contributed by atoms with van der Waals surface area (Å²) >= 11 is 1.52. The van der Waals surface area contributed by atoms with E-state index in [0.717, 1.165) is 23.3 Å². The summed E-state index contributed by atoms with van der Waals surface area (Å²) in [7, 11) is 0. The molecule has 1 heterocycles. The van der Waals surface area contributed by atoms with E-state index in [0.29, 0.717) is 5.92 Å². The Morgan fingerprint density at radius 1 is 1.30 bits per heavy atom. The Balaban J connectivity index is 2.25. The van der Waals surface area contributed by atoms with Crippen LogP contribution in [0.1, 0.15) is 30.6 Å². The normalized spacial score (nSPS) is 31.9. The fraction of sp³-hybridized carbons (Fsp3) is 0.444. The predicted octanol–water partition coefficient (Wildman–Crippen LogP) is 4.01. The van der Waals surface area contributed by atoms with Gasteiger partial charge in [-0.2, -0.15) is 15.8 Å². The van der Waals surface area contributed by atoms with E-state index in [1.807, 2.05) is 17.5 Å². The zero-order chi connectivity index (χ0) is 16.6. The minimum atomic E-state index is -1.55. The van der Waals surface area contributed by atoms with Crippen LogP contribution in [0.15, 0.2) is 29.2 Å². The molecule has 0 saturated heterocycles. The first-order valence-corrected chi connectivity index (χ1v) is 8.51. The number of thiophene rings is 1. The lowest BCUT2D eigenvalue weighted by Gasteiger charge is -2.46. The molecule has 23 heavy (non-hydrogen) atoms. The Hall–Kier alpha value is -2.42. The van der Waals surface area contributed by atoms with Gasteiger partial charge in [0.25, 0.3) is 0 Å². The number of hydrogen-bond donors (Lipinski definition) is 1. The molecule has 4 atom stereocenters. The van der Waals surface area contributed by atoms with Crippen molar-refractivity contribution in [2.75, 3.05) is 0 Å². The molecule has 1 fully saturated rings. The molecule has 2 aliphatic carbocycles. The number of nitrogens with zero attached hydrogens (tertiary/aromatic N) is 3. The van der Waals surface area contributed by atoms with Gasteiger partial charge in [0.05, 0.1) is 23.9 Å². The van der Waals surface area contributed by atoms with E-state index in [9.17, 15) is 15.8 Å². The van der Waals surface area contributed by atoms with Crippen molar-refractivity contribution in [3.8, 4) is 18.2 Å². The standard InChI is InChI=1S/C18H16N4S/c1-11-4-5-12-13(7-11)16(15-3-2-6-23-15)18(9-20,10-21)17(22)14(12)8-19/h2-3,5-6,11,13-14,16,22H,4,7H2,1H3. The van der Waals surface area contributed by atoms with Gasteiger partial charge in [-0.25, -0.2) is 0 Å². The van der Waals surface area contributed by atoms with Crippen molar-refractivity contribution in [1.29, 1.82) is 21.2 Å².